The van der Waals surface area contributed by atoms with Gasteiger partial charge in [-0.05, 0) is 35.6 Å². The van der Waals surface area contributed by atoms with Crippen LogP contribution in [0, 0.1) is 0 Å². The molecule has 190 valence electrons. The van der Waals surface area contributed by atoms with Crippen LogP contribution in [0.1, 0.15) is 61.1 Å². The number of para-hydroxylation sites is 1. The van der Waals surface area contributed by atoms with Crippen LogP contribution >= 0.6 is 0 Å². The molecule has 1 saturated carbocycles. The smallest absolute Gasteiger partial charge is 0.243 e. The highest BCUT2D eigenvalue weighted by Crippen LogP contribution is 2.26. The Morgan fingerprint density at radius 3 is 2.00 bits per heavy atom. The van der Waals surface area contributed by atoms with Gasteiger partial charge in [-0.2, -0.15) is 0 Å². The van der Waals surface area contributed by atoms with Crippen molar-refractivity contribution in [3.8, 4) is 0 Å². The van der Waals surface area contributed by atoms with E-state index in [0.717, 1.165) is 53.3 Å². The van der Waals surface area contributed by atoms with Crippen LogP contribution in [0.5, 0.6) is 0 Å². The lowest BCUT2D eigenvalue weighted by Crippen LogP contribution is -2.51. The number of hydrogen-bond acceptors (Lipinski definition) is 2. The first-order valence-electron chi connectivity index (χ1n) is 13.4. The fourth-order valence-corrected chi connectivity index (χ4v) is 5.50. The lowest BCUT2D eigenvalue weighted by atomic mass is 9.90. The summed E-state index contributed by atoms with van der Waals surface area (Å²) in [6.45, 7) is 0. The van der Waals surface area contributed by atoms with E-state index in [1.807, 2.05) is 85.1 Å². The minimum Gasteiger partial charge on any atom is -0.361 e. The van der Waals surface area contributed by atoms with Crippen molar-refractivity contribution in [2.45, 2.75) is 62.9 Å². The van der Waals surface area contributed by atoms with Gasteiger partial charge in [-0.15, -0.1) is 0 Å². The molecule has 1 aliphatic carbocycles. The Morgan fingerprint density at radius 2 is 1.35 bits per heavy atom. The van der Waals surface area contributed by atoms with Crippen LogP contribution in [0.15, 0.2) is 91.1 Å². The van der Waals surface area contributed by atoms with Crippen molar-refractivity contribution in [3.05, 3.63) is 108 Å². The van der Waals surface area contributed by atoms with Crippen LogP contribution in [0.2, 0.25) is 0 Å². The molecule has 37 heavy (non-hydrogen) atoms. The molecule has 1 aliphatic rings. The monoisotopic (exact) mass is 493 g/mol. The summed E-state index contributed by atoms with van der Waals surface area (Å²) >= 11 is 0. The summed E-state index contributed by atoms with van der Waals surface area (Å²) in [5.74, 6) is -0.776. The molecule has 1 unspecified atom stereocenters. The maximum atomic E-state index is 13.9. The summed E-state index contributed by atoms with van der Waals surface area (Å²) < 4.78 is 0. The van der Waals surface area contributed by atoms with Crippen LogP contribution < -0.4 is 10.6 Å². The van der Waals surface area contributed by atoms with Gasteiger partial charge in [0, 0.05) is 29.6 Å². The Labute approximate surface area is 218 Å². The average molecular weight is 494 g/mol. The number of nitrogens with one attached hydrogen (secondary N) is 3. The Balaban J connectivity index is 1.43. The number of rotatable bonds is 8. The van der Waals surface area contributed by atoms with E-state index < -0.39 is 12.0 Å². The minimum atomic E-state index is -0.676. The number of amides is 2. The second-order valence-electron chi connectivity index (χ2n) is 10.1. The molecule has 5 heteroatoms. The summed E-state index contributed by atoms with van der Waals surface area (Å²) in [4.78, 5) is 30.9. The molecule has 1 aromatic heterocycles. The SMILES string of the molecule is O=C(NC1CCCCCC1)C(Cc1c[nH]c2ccccc12)NC(=O)C(c1ccccc1)c1ccccc1. The summed E-state index contributed by atoms with van der Waals surface area (Å²) in [6.07, 6.45) is 9.07. The van der Waals surface area contributed by atoms with E-state index in [0.29, 0.717) is 6.42 Å². The normalized spacial score (nSPS) is 15.3. The molecular weight excluding hydrogens is 458 g/mol. The predicted molar refractivity (Wildman–Crippen MR) is 148 cm³/mol. The van der Waals surface area contributed by atoms with Crippen LogP contribution in [0.25, 0.3) is 10.9 Å². The molecule has 4 aromatic rings. The number of hydrogen-bond donors (Lipinski definition) is 3. The zero-order valence-corrected chi connectivity index (χ0v) is 21.2. The van der Waals surface area contributed by atoms with Gasteiger partial charge in [-0.25, -0.2) is 0 Å². The number of H-pyrrole nitrogens is 1. The Bertz CT molecular complexity index is 1270. The van der Waals surface area contributed by atoms with Crippen molar-refractivity contribution < 1.29 is 9.59 Å². The number of aromatic amines is 1. The Kier molecular flexibility index (Phi) is 7.99. The van der Waals surface area contributed by atoms with E-state index in [9.17, 15) is 9.59 Å². The summed E-state index contributed by atoms with van der Waals surface area (Å²) in [6, 6.07) is 27.1. The quantitative estimate of drug-likeness (QED) is 0.269. The molecule has 1 atom stereocenters. The van der Waals surface area contributed by atoms with Crippen molar-refractivity contribution in [3.63, 3.8) is 0 Å². The summed E-state index contributed by atoms with van der Waals surface area (Å²) in [5.41, 5.74) is 3.86. The van der Waals surface area contributed by atoms with E-state index >= 15 is 0 Å². The van der Waals surface area contributed by atoms with E-state index in [1.54, 1.807) is 0 Å². The maximum absolute atomic E-state index is 13.9. The molecule has 0 aliphatic heterocycles. The van der Waals surface area contributed by atoms with Crippen LogP contribution in [0.3, 0.4) is 0 Å². The summed E-state index contributed by atoms with van der Waals surface area (Å²) in [5, 5.41) is 7.51. The van der Waals surface area contributed by atoms with Crippen LogP contribution in [-0.4, -0.2) is 28.9 Å². The molecule has 5 rings (SSSR count). The zero-order chi connectivity index (χ0) is 25.5. The third-order valence-electron chi connectivity index (χ3n) is 7.46. The van der Waals surface area contributed by atoms with Gasteiger partial charge in [-0.3, -0.25) is 9.59 Å². The van der Waals surface area contributed by atoms with E-state index in [4.69, 9.17) is 0 Å². The lowest BCUT2D eigenvalue weighted by molar-refractivity contribution is -0.129. The highest BCUT2D eigenvalue weighted by molar-refractivity contribution is 5.93. The Morgan fingerprint density at radius 1 is 0.757 bits per heavy atom. The number of benzene rings is 3. The first-order valence-corrected chi connectivity index (χ1v) is 13.4. The summed E-state index contributed by atoms with van der Waals surface area (Å²) in [7, 11) is 0. The number of carbonyl (C=O) groups excluding carboxylic acids is 2. The van der Waals surface area contributed by atoms with E-state index in [1.165, 1.54) is 12.8 Å². The second kappa shape index (κ2) is 11.9. The first kappa shape index (κ1) is 24.8. The molecule has 2 amide bonds. The van der Waals surface area contributed by atoms with Gasteiger partial charge in [0.15, 0.2) is 0 Å². The van der Waals surface area contributed by atoms with Crippen molar-refractivity contribution in [2.24, 2.45) is 0 Å². The highest BCUT2D eigenvalue weighted by atomic mass is 16.2. The molecule has 3 N–H and O–H groups in total. The van der Waals surface area contributed by atoms with Gasteiger partial charge in [0.25, 0.3) is 0 Å². The van der Waals surface area contributed by atoms with Crippen molar-refractivity contribution >= 4 is 22.7 Å². The molecule has 0 bridgehead atoms. The Hall–Kier alpha value is -3.86. The third kappa shape index (κ3) is 6.11. The molecule has 5 nitrogen and oxygen atoms in total. The predicted octanol–water partition coefficient (Wildman–Crippen LogP) is 5.87. The minimum absolute atomic E-state index is 0.106. The maximum Gasteiger partial charge on any atom is 0.243 e. The molecule has 1 fully saturated rings. The van der Waals surface area contributed by atoms with Gasteiger partial charge in [0.2, 0.25) is 11.8 Å². The van der Waals surface area contributed by atoms with Crippen molar-refractivity contribution in [2.75, 3.05) is 0 Å². The largest absolute Gasteiger partial charge is 0.361 e. The molecular formula is C32H35N3O2. The average Bonchev–Trinajstić information content (AvgIpc) is 3.15. The van der Waals surface area contributed by atoms with Gasteiger partial charge < -0.3 is 15.6 Å². The topological polar surface area (TPSA) is 74.0 Å². The standard InChI is InChI=1S/C32H35N3O2/c36-31(34-26-17-9-1-2-10-18-26)29(21-25-22-33-28-20-12-11-19-27(25)28)35-32(37)30(23-13-5-3-6-14-23)24-15-7-4-8-16-24/h3-8,11-16,19-20,22,26,29-30,33H,1-2,9-10,17-18,21H2,(H,34,36)(H,35,37). The lowest BCUT2D eigenvalue weighted by Gasteiger charge is -2.25. The number of fused-ring (bicyclic) bond motifs is 1. The molecule has 1 heterocycles. The molecule has 0 saturated heterocycles. The fraction of sp³-hybridized carbons (Fsp3) is 0.312. The van der Waals surface area contributed by atoms with Gasteiger partial charge in [0.05, 0.1) is 5.92 Å². The van der Waals surface area contributed by atoms with Crippen molar-refractivity contribution in [1.82, 2.24) is 15.6 Å². The third-order valence-corrected chi connectivity index (χ3v) is 7.46. The number of aromatic nitrogens is 1. The van der Waals surface area contributed by atoms with Crippen molar-refractivity contribution in [1.29, 1.82) is 0 Å². The fourth-order valence-electron chi connectivity index (χ4n) is 5.50. The van der Waals surface area contributed by atoms with Crippen LogP contribution in [-0.2, 0) is 16.0 Å². The van der Waals surface area contributed by atoms with Gasteiger partial charge >= 0.3 is 0 Å². The molecule has 0 spiro atoms. The molecule has 0 radical (unpaired) electrons. The first-order chi connectivity index (χ1) is 18.2. The van der Waals surface area contributed by atoms with E-state index in [-0.39, 0.29) is 17.9 Å². The van der Waals surface area contributed by atoms with Gasteiger partial charge in [0.1, 0.15) is 6.04 Å². The van der Waals surface area contributed by atoms with Crippen LogP contribution in [0.4, 0.5) is 0 Å². The van der Waals surface area contributed by atoms with E-state index in [2.05, 4.69) is 21.7 Å². The molecule has 3 aromatic carbocycles. The second-order valence-corrected chi connectivity index (χ2v) is 10.1. The van der Waals surface area contributed by atoms with Gasteiger partial charge in [-0.1, -0.05) is 105 Å². The zero-order valence-electron chi connectivity index (χ0n) is 21.2. The highest BCUT2D eigenvalue weighted by Gasteiger charge is 2.29. The number of carbonyl (C=O) groups is 2.